The van der Waals surface area contributed by atoms with Crippen molar-refractivity contribution in [3.63, 3.8) is 0 Å². The van der Waals surface area contributed by atoms with Crippen LogP contribution in [-0.2, 0) is 11.8 Å². The minimum atomic E-state index is 0.0247. The molecule has 5 rings (SSSR count). The highest BCUT2D eigenvalue weighted by Gasteiger charge is 2.45. The van der Waals surface area contributed by atoms with Gasteiger partial charge in [-0.05, 0) is 44.7 Å². The van der Waals surface area contributed by atoms with Gasteiger partial charge in [-0.15, -0.1) is 0 Å². The highest BCUT2D eigenvalue weighted by atomic mass is 16.2. The van der Waals surface area contributed by atoms with Crippen LogP contribution in [0.25, 0.3) is 11.4 Å². The summed E-state index contributed by atoms with van der Waals surface area (Å²) >= 11 is 0. The smallest absolute Gasteiger partial charge is 0.255 e. The zero-order chi connectivity index (χ0) is 22.1. The number of hydrogen-bond acceptors (Lipinski definition) is 5. The van der Waals surface area contributed by atoms with Gasteiger partial charge in [0.15, 0.2) is 5.82 Å². The number of carbonyl (C=O) groups excluding carboxylic acids is 1. The molecule has 2 aromatic heterocycles. The maximum Gasteiger partial charge on any atom is 0.255 e. The second-order valence-electron chi connectivity index (χ2n) is 8.89. The molecule has 3 aromatic rings. The molecule has 32 heavy (non-hydrogen) atoms. The van der Waals surface area contributed by atoms with Crippen molar-refractivity contribution < 1.29 is 4.79 Å². The fourth-order valence-corrected chi connectivity index (χ4v) is 5.10. The molecule has 1 saturated heterocycles. The van der Waals surface area contributed by atoms with Crippen LogP contribution in [0.5, 0.6) is 0 Å². The number of nitrogens with zero attached hydrogens (tertiary/aromatic N) is 5. The van der Waals surface area contributed by atoms with Crippen molar-refractivity contribution in [2.45, 2.75) is 38.0 Å². The molecule has 6 heteroatoms. The van der Waals surface area contributed by atoms with E-state index in [-0.39, 0.29) is 11.3 Å². The number of amides is 1. The zero-order valence-corrected chi connectivity index (χ0v) is 18.8. The molecule has 0 atom stereocenters. The van der Waals surface area contributed by atoms with E-state index in [1.54, 1.807) is 12.4 Å². The van der Waals surface area contributed by atoms with E-state index in [0.29, 0.717) is 5.56 Å². The van der Waals surface area contributed by atoms with Gasteiger partial charge in [0, 0.05) is 55.6 Å². The predicted octanol–water partition coefficient (Wildman–Crippen LogP) is 4.11. The molecule has 1 fully saturated rings. The molecular weight excluding hydrogens is 398 g/mol. The number of benzene rings is 1. The van der Waals surface area contributed by atoms with E-state index in [2.05, 4.69) is 36.0 Å². The molecule has 0 unspecified atom stereocenters. The van der Waals surface area contributed by atoms with Crippen LogP contribution in [0.1, 0.15) is 47.8 Å². The quantitative estimate of drug-likeness (QED) is 0.627. The van der Waals surface area contributed by atoms with Crippen LogP contribution in [0, 0.1) is 0 Å². The Labute approximate surface area is 189 Å². The van der Waals surface area contributed by atoms with Gasteiger partial charge >= 0.3 is 0 Å². The molecule has 0 bridgehead atoms. The summed E-state index contributed by atoms with van der Waals surface area (Å²) < 4.78 is 0. The van der Waals surface area contributed by atoms with E-state index in [1.165, 1.54) is 11.3 Å². The maximum atomic E-state index is 12.9. The van der Waals surface area contributed by atoms with Crippen molar-refractivity contribution in [1.82, 2.24) is 19.9 Å². The van der Waals surface area contributed by atoms with Crippen LogP contribution in [0.2, 0.25) is 0 Å². The number of rotatable bonds is 4. The second-order valence-corrected chi connectivity index (χ2v) is 8.89. The number of aromatic nitrogens is 3. The molecule has 1 aliphatic heterocycles. The highest BCUT2D eigenvalue weighted by molar-refractivity contribution is 5.94. The standard InChI is InChI=1S/C26H29N5O/c1-3-30(2)24-21-11-12-26(22(21)28-23(29-24)19-8-5-4-6-9-19)13-16-31(17-14-26)25(32)20-10-7-15-27-18-20/h4-10,15,18H,3,11-14,16-17H2,1-2H3. The van der Waals surface area contributed by atoms with Crippen LogP contribution >= 0.6 is 0 Å². The molecule has 164 valence electrons. The van der Waals surface area contributed by atoms with Crippen molar-refractivity contribution in [2.24, 2.45) is 0 Å². The number of hydrogen-bond donors (Lipinski definition) is 0. The molecule has 0 radical (unpaired) electrons. The first-order chi connectivity index (χ1) is 15.6. The average Bonchev–Trinajstić information content (AvgIpc) is 3.22. The molecule has 1 aromatic carbocycles. The first-order valence-electron chi connectivity index (χ1n) is 11.5. The van der Waals surface area contributed by atoms with Crippen molar-refractivity contribution in [3.05, 3.63) is 71.7 Å². The number of pyridine rings is 1. The van der Waals surface area contributed by atoms with Crippen LogP contribution in [0.15, 0.2) is 54.9 Å². The Morgan fingerprint density at radius 3 is 2.53 bits per heavy atom. The van der Waals surface area contributed by atoms with Gasteiger partial charge in [0.05, 0.1) is 11.3 Å². The zero-order valence-electron chi connectivity index (χ0n) is 18.8. The molecule has 2 aliphatic rings. The van der Waals surface area contributed by atoms with Gasteiger partial charge in [0.25, 0.3) is 5.91 Å². The highest BCUT2D eigenvalue weighted by Crippen LogP contribution is 2.48. The topological polar surface area (TPSA) is 62.2 Å². The monoisotopic (exact) mass is 427 g/mol. The first-order valence-corrected chi connectivity index (χ1v) is 11.5. The Morgan fingerprint density at radius 2 is 1.84 bits per heavy atom. The lowest BCUT2D eigenvalue weighted by Crippen LogP contribution is -2.44. The molecule has 1 aliphatic carbocycles. The Morgan fingerprint density at radius 1 is 1.06 bits per heavy atom. The van der Waals surface area contributed by atoms with Crippen molar-refractivity contribution in [2.75, 3.05) is 31.6 Å². The number of anilines is 1. The van der Waals surface area contributed by atoms with Gasteiger partial charge in [0.2, 0.25) is 0 Å². The van der Waals surface area contributed by atoms with E-state index in [1.807, 2.05) is 35.2 Å². The lowest BCUT2D eigenvalue weighted by Gasteiger charge is -2.39. The first kappa shape index (κ1) is 20.6. The van der Waals surface area contributed by atoms with Gasteiger partial charge < -0.3 is 9.80 Å². The lowest BCUT2D eigenvalue weighted by molar-refractivity contribution is 0.0663. The Hall–Kier alpha value is -3.28. The summed E-state index contributed by atoms with van der Waals surface area (Å²) in [5, 5.41) is 0. The number of piperidine rings is 1. The average molecular weight is 428 g/mol. The molecule has 1 amide bonds. The minimum Gasteiger partial charge on any atom is -0.360 e. The Kier molecular flexibility index (Phi) is 5.37. The number of likely N-dealkylation sites (tertiary alicyclic amines) is 1. The fourth-order valence-electron chi connectivity index (χ4n) is 5.10. The summed E-state index contributed by atoms with van der Waals surface area (Å²) in [6.07, 6.45) is 7.31. The normalized spacial score (nSPS) is 16.8. The van der Waals surface area contributed by atoms with Gasteiger partial charge in [0.1, 0.15) is 5.82 Å². The molecule has 6 nitrogen and oxygen atoms in total. The van der Waals surface area contributed by atoms with E-state index < -0.39 is 0 Å². The third-order valence-electron chi connectivity index (χ3n) is 7.13. The Balaban J connectivity index is 1.47. The van der Waals surface area contributed by atoms with Gasteiger partial charge in [-0.2, -0.15) is 0 Å². The number of fused-ring (bicyclic) bond motifs is 2. The van der Waals surface area contributed by atoms with E-state index >= 15 is 0 Å². The van der Waals surface area contributed by atoms with Crippen molar-refractivity contribution in [1.29, 1.82) is 0 Å². The summed E-state index contributed by atoms with van der Waals surface area (Å²) in [6.45, 7) is 4.55. The largest absolute Gasteiger partial charge is 0.360 e. The summed E-state index contributed by atoms with van der Waals surface area (Å²) in [6, 6.07) is 13.9. The molecule has 0 saturated carbocycles. The van der Waals surface area contributed by atoms with Crippen LogP contribution in [0.3, 0.4) is 0 Å². The van der Waals surface area contributed by atoms with Gasteiger partial charge in [-0.1, -0.05) is 30.3 Å². The summed E-state index contributed by atoms with van der Waals surface area (Å²) in [7, 11) is 2.11. The summed E-state index contributed by atoms with van der Waals surface area (Å²) in [4.78, 5) is 31.4. The maximum absolute atomic E-state index is 12.9. The summed E-state index contributed by atoms with van der Waals surface area (Å²) in [5.41, 5.74) is 4.23. The lowest BCUT2D eigenvalue weighted by atomic mass is 9.76. The van der Waals surface area contributed by atoms with Gasteiger partial charge in [-0.3, -0.25) is 9.78 Å². The SMILES string of the molecule is CCN(C)c1nc(-c2ccccc2)nc2c1CCC21CCN(C(=O)c2cccnc2)CC1. The third kappa shape index (κ3) is 3.53. The second kappa shape index (κ2) is 8.34. The minimum absolute atomic E-state index is 0.0247. The third-order valence-corrected chi connectivity index (χ3v) is 7.13. The molecule has 3 heterocycles. The summed E-state index contributed by atoms with van der Waals surface area (Å²) in [5.74, 6) is 1.93. The van der Waals surface area contributed by atoms with Crippen LogP contribution < -0.4 is 4.90 Å². The molecular formula is C26H29N5O. The predicted molar refractivity (Wildman–Crippen MR) is 126 cm³/mol. The van der Waals surface area contributed by atoms with Crippen LogP contribution in [-0.4, -0.2) is 52.4 Å². The van der Waals surface area contributed by atoms with E-state index in [0.717, 1.165) is 62.5 Å². The fraction of sp³-hybridized carbons (Fsp3) is 0.385. The van der Waals surface area contributed by atoms with E-state index in [4.69, 9.17) is 9.97 Å². The molecule has 1 spiro atoms. The van der Waals surface area contributed by atoms with Gasteiger partial charge in [-0.25, -0.2) is 9.97 Å². The Bertz CT molecular complexity index is 1110. The van der Waals surface area contributed by atoms with Crippen LogP contribution in [0.4, 0.5) is 5.82 Å². The van der Waals surface area contributed by atoms with E-state index in [9.17, 15) is 4.79 Å². The van der Waals surface area contributed by atoms with Crippen molar-refractivity contribution in [3.8, 4) is 11.4 Å². The molecule has 0 N–H and O–H groups in total. The number of carbonyl (C=O) groups is 1. The van der Waals surface area contributed by atoms with Crippen molar-refractivity contribution >= 4 is 11.7 Å².